The minimum Gasteiger partial charge on any atom is -0.312 e. The van der Waals surface area contributed by atoms with Crippen LogP contribution in [0.1, 0.15) is 16.2 Å². The summed E-state index contributed by atoms with van der Waals surface area (Å²) >= 11 is 0.977. The molecule has 4 aromatic rings. The van der Waals surface area contributed by atoms with Crippen LogP contribution in [0, 0.1) is 0 Å². The number of aromatic nitrogens is 3. The lowest BCUT2D eigenvalue weighted by atomic mass is 10.2. The van der Waals surface area contributed by atoms with Crippen LogP contribution >= 0.6 is 11.3 Å². The zero-order valence-corrected chi connectivity index (χ0v) is 13.1. The molecule has 3 heterocycles. The van der Waals surface area contributed by atoms with Crippen molar-refractivity contribution < 1.29 is 18.0 Å². The van der Waals surface area contributed by atoms with Gasteiger partial charge in [-0.05, 0) is 36.4 Å². The molecule has 0 radical (unpaired) electrons. The Morgan fingerprint density at radius 3 is 2.68 bits per heavy atom. The number of hydrogen-bond donors (Lipinski definition) is 1. The van der Waals surface area contributed by atoms with Crippen LogP contribution in [0.4, 0.5) is 13.2 Å². The molecule has 0 amide bonds. The van der Waals surface area contributed by atoms with E-state index in [9.17, 15) is 22.8 Å². The third-order valence-corrected chi connectivity index (χ3v) is 4.60. The summed E-state index contributed by atoms with van der Waals surface area (Å²) in [5.41, 5.74) is 0.228. The number of nitrogens with one attached hydrogen (secondary N) is 1. The Hall–Kier alpha value is -2.94. The first kappa shape index (κ1) is 15.6. The highest BCUT2D eigenvalue weighted by atomic mass is 32.1. The van der Waals surface area contributed by atoms with Crippen molar-refractivity contribution in [2.24, 2.45) is 0 Å². The van der Waals surface area contributed by atoms with E-state index in [0.717, 1.165) is 17.4 Å². The SMILES string of the molecule is O=Cc1cc2ccc(C(F)(F)F)nc2n1-c1ccc2[nH]c(=O)sc2c1. The first-order chi connectivity index (χ1) is 11.9. The van der Waals surface area contributed by atoms with Crippen LogP contribution in [0.3, 0.4) is 0 Å². The molecule has 0 bridgehead atoms. The molecular weight excluding hydrogens is 355 g/mol. The number of aldehydes is 1. The number of alkyl halides is 3. The number of aromatic amines is 1. The van der Waals surface area contributed by atoms with Gasteiger partial charge < -0.3 is 4.98 Å². The summed E-state index contributed by atoms with van der Waals surface area (Å²) in [4.78, 5) is 28.9. The number of benzene rings is 1. The van der Waals surface area contributed by atoms with E-state index in [1.807, 2.05) is 0 Å². The number of hydrogen-bond acceptors (Lipinski definition) is 4. The van der Waals surface area contributed by atoms with E-state index in [1.54, 1.807) is 18.2 Å². The van der Waals surface area contributed by atoms with Crippen molar-refractivity contribution in [3.63, 3.8) is 0 Å². The van der Waals surface area contributed by atoms with Crippen molar-refractivity contribution in [1.29, 1.82) is 0 Å². The van der Waals surface area contributed by atoms with Crippen LogP contribution in [0.5, 0.6) is 0 Å². The third-order valence-electron chi connectivity index (χ3n) is 3.75. The fraction of sp³-hybridized carbons (Fsp3) is 0.0625. The molecule has 0 saturated carbocycles. The van der Waals surface area contributed by atoms with E-state index in [1.165, 1.54) is 16.7 Å². The third kappa shape index (κ3) is 2.52. The summed E-state index contributed by atoms with van der Waals surface area (Å²) in [6, 6.07) is 8.51. The second-order valence-corrected chi connectivity index (χ2v) is 6.34. The Balaban J connectivity index is 2.03. The molecule has 0 aliphatic rings. The van der Waals surface area contributed by atoms with Crippen LogP contribution < -0.4 is 4.87 Å². The van der Waals surface area contributed by atoms with Gasteiger partial charge in [0.2, 0.25) is 0 Å². The summed E-state index contributed by atoms with van der Waals surface area (Å²) in [6.07, 6.45) is -4.03. The second kappa shape index (κ2) is 5.28. The fourth-order valence-corrected chi connectivity index (χ4v) is 3.46. The highest BCUT2D eigenvalue weighted by Crippen LogP contribution is 2.31. The number of pyridine rings is 1. The Morgan fingerprint density at radius 1 is 1.16 bits per heavy atom. The summed E-state index contributed by atoms with van der Waals surface area (Å²) in [6.45, 7) is 0. The van der Waals surface area contributed by atoms with Gasteiger partial charge in [0.05, 0.1) is 15.9 Å². The number of fused-ring (bicyclic) bond motifs is 2. The van der Waals surface area contributed by atoms with Crippen molar-refractivity contribution in [2.45, 2.75) is 6.18 Å². The molecule has 0 aliphatic carbocycles. The molecule has 0 aliphatic heterocycles. The van der Waals surface area contributed by atoms with Crippen LogP contribution in [-0.2, 0) is 6.18 Å². The van der Waals surface area contributed by atoms with Gasteiger partial charge in [0.25, 0.3) is 0 Å². The average Bonchev–Trinajstić information content (AvgIpc) is 3.11. The van der Waals surface area contributed by atoms with Crippen molar-refractivity contribution in [3.05, 3.63) is 57.5 Å². The van der Waals surface area contributed by atoms with Crippen LogP contribution in [-0.4, -0.2) is 20.8 Å². The molecule has 1 aromatic carbocycles. The number of nitrogens with zero attached hydrogens (tertiary/aromatic N) is 2. The van der Waals surface area contributed by atoms with E-state index < -0.39 is 11.9 Å². The van der Waals surface area contributed by atoms with Crippen molar-refractivity contribution >= 4 is 38.9 Å². The van der Waals surface area contributed by atoms with Crippen LogP contribution in [0.15, 0.2) is 41.2 Å². The molecule has 9 heteroatoms. The van der Waals surface area contributed by atoms with Gasteiger partial charge in [0.1, 0.15) is 11.3 Å². The maximum atomic E-state index is 13.0. The quantitative estimate of drug-likeness (QED) is 0.552. The van der Waals surface area contributed by atoms with Gasteiger partial charge in [-0.3, -0.25) is 14.2 Å². The van der Waals surface area contributed by atoms with Gasteiger partial charge in [-0.25, -0.2) is 4.98 Å². The number of halogens is 3. The predicted octanol–water partition coefficient (Wildman–Crippen LogP) is 3.76. The van der Waals surface area contributed by atoms with Gasteiger partial charge in [-0.2, -0.15) is 13.2 Å². The van der Waals surface area contributed by atoms with Gasteiger partial charge >= 0.3 is 11.0 Å². The standard InChI is InChI=1S/C16H8F3N3O2S/c17-16(18,19)13-4-1-8-5-10(7-23)22(14(8)21-13)9-2-3-11-12(6-9)25-15(24)20-11/h1-7H,(H,20,24). The minimum absolute atomic E-state index is 0.0270. The van der Waals surface area contributed by atoms with Crippen molar-refractivity contribution in [2.75, 3.05) is 0 Å². The lowest BCUT2D eigenvalue weighted by Crippen LogP contribution is -2.09. The summed E-state index contributed by atoms with van der Waals surface area (Å²) < 4.78 is 40.9. The number of rotatable bonds is 2. The first-order valence-electron chi connectivity index (χ1n) is 7.05. The smallest absolute Gasteiger partial charge is 0.312 e. The van der Waals surface area contributed by atoms with E-state index in [4.69, 9.17) is 0 Å². The first-order valence-corrected chi connectivity index (χ1v) is 7.86. The Bertz CT molecular complexity index is 1190. The molecule has 3 aromatic heterocycles. The number of carbonyl (C=O) groups is 1. The van der Waals surface area contributed by atoms with E-state index >= 15 is 0 Å². The highest BCUT2D eigenvalue weighted by Gasteiger charge is 2.33. The van der Waals surface area contributed by atoms with Crippen LogP contribution in [0.2, 0.25) is 0 Å². The number of thiazole rings is 1. The molecule has 0 spiro atoms. The average molecular weight is 363 g/mol. The van der Waals surface area contributed by atoms with Gasteiger partial charge in [-0.1, -0.05) is 11.3 Å². The molecule has 5 nitrogen and oxygen atoms in total. The summed E-state index contributed by atoms with van der Waals surface area (Å²) in [5.74, 6) is 0. The molecule has 0 saturated heterocycles. The molecule has 1 N–H and O–H groups in total. The molecule has 126 valence electrons. The number of H-pyrrole nitrogens is 1. The van der Waals surface area contributed by atoms with Crippen LogP contribution in [0.25, 0.3) is 26.9 Å². The zero-order valence-electron chi connectivity index (χ0n) is 12.3. The fourth-order valence-electron chi connectivity index (χ4n) is 2.69. The molecular formula is C16H8F3N3O2S. The Labute approximate surface area is 141 Å². The molecule has 0 fully saturated rings. The largest absolute Gasteiger partial charge is 0.433 e. The predicted molar refractivity (Wildman–Crippen MR) is 87.5 cm³/mol. The topological polar surface area (TPSA) is 67.8 Å². The molecule has 25 heavy (non-hydrogen) atoms. The Kier molecular flexibility index (Phi) is 3.29. The van der Waals surface area contributed by atoms with Crippen molar-refractivity contribution in [3.8, 4) is 5.69 Å². The minimum atomic E-state index is -4.59. The second-order valence-electron chi connectivity index (χ2n) is 5.32. The maximum absolute atomic E-state index is 13.0. The normalized spacial score (nSPS) is 12.1. The zero-order chi connectivity index (χ0) is 17.8. The van der Waals surface area contributed by atoms with E-state index in [0.29, 0.717) is 27.6 Å². The van der Waals surface area contributed by atoms with Gasteiger partial charge in [0, 0.05) is 11.1 Å². The van der Waals surface area contributed by atoms with Gasteiger partial charge in [-0.15, -0.1) is 0 Å². The van der Waals surface area contributed by atoms with E-state index in [2.05, 4.69) is 9.97 Å². The molecule has 4 rings (SSSR count). The van der Waals surface area contributed by atoms with Crippen molar-refractivity contribution in [1.82, 2.24) is 14.5 Å². The summed E-state index contributed by atoms with van der Waals surface area (Å²) in [5, 5.41) is 0.414. The number of carbonyl (C=O) groups excluding carboxylic acids is 1. The highest BCUT2D eigenvalue weighted by molar-refractivity contribution is 7.16. The lowest BCUT2D eigenvalue weighted by Gasteiger charge is -2.09. The molecule has 0 unspecified atom stereocenters. The maximum Gasteiger partial charge on any atom is 0.433 e. The van der Waals surface area contributed by atoms with Gasteiger partial charge in [0.15, 0.2) is 6.29 Å². The molecule has 0 atom stereocenters. The monoisotopic (exact) mass is 363 g/mol. The lowest BCUT2D eigenvalue weighted by molar-refractivity contribution is -0.141. The van der Waals surface area contributed by atoms with E-state index in [-0.39, 0.29) is 16.2 Å². The Morgan fingerprint density at radius 2 is 1.96 bits per heavy atom. The summed E-state index contributed by atoms with van der Waals surface area (Å²) in [7, 11) is 0.